The molecule has 0 aromatic heterocycles. The van der Waals surface area contributed by atoms with Gasteiger partial charge < -0.3 is 20.4 Å². The molecule has 2 aliphatic heterocycles. The van der Waals surface area contributed by atoms with E-state index in [4.69, 9.17) is 4.99 Å². The maximum Gasteiger partial charge on any atom is 0.191 e. The van der Waals surface area contributed by atoms with Crippen LogP contribution >= 0.6 is 0 Å². The molecular weight excluding hydrogens is 346 g/mol. The van der Waals surface area contributed by atoms with E-state index >= 15 is 0 Å². The third-order valence-corrected chi connectivity index (χ3v) is 6.79. The van der Waals surface area contributed by atoms with Crippen LogP contribution in [0.4, 0.5) is 0 Å². The van der Waals surface area contributed by atoms with Gasteiger partial charge in [-0.3, -0.25) is 4.99 Å². The lowest BCUT2D eigenvalue weighted by atomic mass is 9.97. The minimum atomic E-state index is 0.583. The molecule has 1 unspecified atom stereocenters. The molecule has 1 aliphatic carbocycles. The van der Waals surface area contributed by atoms with Crippen LogP contribution in [0.15, 0.2) is 4.99 Å². The van der Waals surface area contributed by atoms with Gasteiger partial charge in [0, 0.05) is 51.4 Å². The highest BCUT2D eigenvalue weighted by Gasteiger charge is 2.27. The molecule has 2 heterocycles. The van der Waals surface area contributed by atoms with Gasteiger partial charge in [-0.1, -0.05) is 26.7 Å². The maximum absolute atomic E-state index is 5.00. The molecule has 2 N–H and O–H groups in total. The highest BCUT2D eigenvalue weighted by Crippen LogP contribution is 2.26. The maximum atomic E-state index is 5.00. The number of nitrogens with one attached hydrogen (secondary N) is 2. The van der Waals surface area contributed by atoms with Crippen molar-refractivity contribution in [1.82, 2.24) is 20.4 Å². The van der Waals surface area contributed by atoms with Crippen molar-refractivity contribution >= 4 is 5.96 Å². The summed E-state index contributed by atoms with van der Waals surface area (Å²) in [6, 6.07) is 1.46. The van der Waals surface area contributed by atoms with Crippen LogP contribution in [0.1, 0.15) is 72.1 Å². The van der Waals surface area contributed by atoms with E-state index in [-0.39, 0.29) is 0 Å². The third kappa shape index (κ3) is 6.91. The van der Waals surface area contributed by atoms with E-state index < -0.39 is 0 Å². The molecule has 5 heteroatoms. The Hall–Kier alpha value is -0.810. The summed E-state index contributed by atoms with van der Waals surface area (Å²) in [6.07, 6.45) is 10.9. The Bertz CT molecular complexity index is 464. The number of aliphatic imine (C=N–C) groups is 1. The van der Waals surface area contributed by atoms with Crippen molar-refractivity contribution in [2.24, 2.45) is 16.8 Å². The van der Waals surface area contributed by atoms with E-state index in [1.807, 2.05) is 0 Å². The van der Waals surface area contributed by atoms with Crippen molar-refractivity contribution in [2.75, 3.05) is 45.8 Å². The summed E-state index contributed by atoms with van der Waals surface area (Å²) in [6.45, 7) is 15.0. The highest BCUT2D eigenvalue weighted by molar-refractivity contribution is 5.80. The molecule has 1 atom stereocenters. The summed E-state index contributed by atoms with van der Waals surface area (Å²) < 4.78 is 0. The standard InChI is InChI=1S/C23H45N5/c1-4-24-23(25-16-20-8-7-13-27(18-20)17-19(2)3)26-21-11-14-28(15-12-21)22-9-5-6-10-22/h19-22H,4-18H2,1-3H3,(H2,24,25,26). The molecule has 0 spiro atoms. The Kier molecular flexibility index (Phi) is 8.91. The molecule has 3 fully saturated rings. The second-order valence-corrected chi connectivity index (χ2v) is 9.77. The van der Waals surface area contributed by atoms with E-state index in [1.54, 1.807) is 0 Å². The van der Waals surface area contributed by atoms with Gasteiger partial charge in [0.25, 0.3) is 0 Å². The molecule has 2 saturated heterocycles. The van der Waals surface area contributed by atoms with Gasteiger partial charge in [0.15, 0.2) is 5.96 Å². The van der Waals surface area contributed by atoms with Gasteiger partial charge in [0.05, 0.1) is 0 Å². The first kappa shape index (κ1) is 21.9. The van der Waals surface area contributed by atoms with Crippen molar-refractivity contribution in [2.45, 2.75) is 84.2 Å². The van der Waals surface area contributed by atoms with Crippen LogP contribution in [0.3, 0.4) is 0 Å². The molecule has 0 amide bonds. The summed E-state index contributed by atoms with van der Waals surface area (Å²) in [5.74, 6) is 2.52. The normalized spacial score (nSPS) is 26.9. The van der Waals surface area contributed by atoms with Crippen LogP contribution in [0.25, 0.3) is 0 Å². The first-order valence-electron chi connectivity index (χ1n) is 12.1. The topological polar surface area (TPSA) is 42.9 Å². The van der Waals surface area contributed by atoms with Crippen LogP contribution in [-0.4, -0.2) is 73.7 Å². The van der Waals surface area contributed by atoms with E-state index in [0.29, 0.717) is 12.0 Å². The van der Waals surface area contributed by atoms with Gasteiger partial charge >= 0.3 is 0 Å². The first-order valence-corrected chi connectivity index (χ1v) is 12.1. The summed E-state index contributed by atoms with van der Waals surface area (Å²) in [7, 11) is 0. The van der Waals surface area contributed by atoms with Crippen LogP contribution in [-0.2, 0) is 0 Å². The van der Waals surface area contributed by atoms with Crippen LogP contribution < -0.4 is 10.6 Å². The Morgan fingerprint density at radius 2 is 1.75 bits per heavy atom. The average molecular weight is 392 g/mol. The fraction of sp³-hybridized carbons (Fsp3) is 0.957. The summed E-state index contributed by atoms with van der Waals surface area (Å²) in [4.78, 5) is 10.4. The predicted octanol–water partition coefficient (Wildman–Crippen LogP) is 3.32. The smallest absolute Gasteiger partial charge is 0.191 e. The highest BCUT2D eigenvalue weighted by atomic mass is 15.2. The Morgan fingerprint density at radius 1 is 1.00 bits per heavy atom. The Labute approximate surface area is 173 Å². The largest absolute Gasteiger partial charge is 0.357 e. The molecular formula is C23H45N5. The van der Waals surface area contributed by atoms with Crippen LogP contribution in [0, 0.1) is 11.8 Å². The van der Waals surface area contributed by atoms with Crippen molar-refractivity contribution in [1.29, 1.82) is 0 Å². The molecule has 5 nitrogen and oxygen atoms in total. The van der Waals surface area contributed by atoms with Gasteiger partial charge in [-0.15, -0.1) is 0 Å². The third-order valence-electron chi connectivity index (χ3n) is 6.79. The van der Waals surface area contributed by atoms with E-state index in [1.165, 1.54) is 84.1 Å². The SMILES string of the molecule is CCNC(=NCC1CCCN(CC(C)C)C1)NC1CCN(C2CCCC2)CC1. The van der Waals surface area contributed by atoms with Crippen LogP contribution in [0.2, 0.25) is 0 Å². The molecule has 0 bridgehead atoms. The zero-order chi connectivity index (χ0) is 19.8. The van der Waals surface area contributed by atoms with E-state index in [2.05, 4.69) is 41.2 Å². The molecule has 3 rings (SSSR count). The molecule has 28 heavy (non-hydrogen) atoms. The number of rotatable bonds is 7. The Morgan fingerprint density at radius 3 is 2.43 bits per heavy atom. The summed E-state index contributed by atoms with van der Waals surface area (Å²) in [5.41, 5.74) is 0. The molecule has 1 saturated carbocycles. The lowest BCUT2D eigenvalue weighted by Crippen LogP contribution is -2.50. The quantitative estimate of drug-likeness (QED) is 0.516. The minimum absolute atomic E-state index is 0.583. The van der Waals surface area contributed by atoms with E-state index in [9.17, 15) is 0 Å². The number of likely N-dealkylation sites (tertiary alicyclic amines) is 2. The number of piperidine rings is 2. The number of guanidine groups is 1. The van der Waals surface area contributed by atoms with Gasteiger partial charge in [-0.25, -0.2) is 0 Å². The second kappa shape index (κ2) is 11.4. The molecule has 0 aromatic carbocycles. The lowest BCUT2D eigenvalue weighted by molar-refractivity contribution is 0.150. The number of hydrogen-bond acceptors (Lipinski definition) is 3. The number of nitrogens with zero attached hydrogens (tertiary/aromatic N) is 3. The number of hydrogen-bond donors (Lipinski definition) is 2. The monoisotopic (exact) mass is 391 g/mol. The van der Waals surface area contributed by atoms with Crippen molar-refractivity contribution in [3.8, 4) is 0 Å². The van der Waals surface area contributed by atoms with Gasteiger partial charge in [-0.05, 0) is 63.8 Å². The van der Waals surface area contributed by atoms with Crippen molar-refractivity contribution in [3.05, 3.63) is 0 Å². The van der Waals surface area contributed by atoms with Gasteiger partial charge in [-0.2, -0.15) is 0 Å². The van der Waals surface area contributed by atoms with Gasteiger partial charge in [0.1, 0.15) is 0 Å². The average Bonchev–Trinajstić information content (AvgIpc) is 3.21. The van der Waals surface area contributed by atoms with E-state index in [0.717, 1.165) is 31.0 Å². The molecule has 0 radical (unpaired) electrons. The molecule has 0 aromatic rings. The first-order chi connectivity index (χ1) is 13.6. The summed E-state index contributed by atoms with van der Waals surface area (Å²) in [5, 5.41) is 7.24. The van der Waals surface area contributed by atoms with Gasteiger partial charge in [0.2, 0.25) is 0 Å². The van der Waals surface area contributed by atoms with Crippen LogP contribution in [0.5, 0.6) is 0 Å². The summed E-state index contributed by atoms with van der Waals surface area (Å²) >= 11 is 0. The predicted molar refractivity (Wildman–Crippen MR) is 120 cm³/mol. The lowest BCUT2D eigenvalue weighted by Gasteiger charge is -2.37. The van der Waals surface area contributed by atoms with Crippen molar-refractivity contribution < 1.29 is 0 Å². The fourth-order valence-corrected chi connectivity index (χ4v) is 5.39. The zero-order valence-corrected chi connectivity index (χ0v) is 18.8. The second-order valence-electron chi connectivity index (χ2n) is 9.77. The zero-order valence-electron chi connectivity index (χ0n) is 18.8. The Balaban J connectivity index is 1.43. The molecule has 3 aliphatic rings. The molecule has 162 valence electrons. The fourth-order valence-electron chi connectivity index (χ4n) is 5.39. The van der Waals surface area contributed by atoms with Crippen molar-refractivity contribution in [3.63, 3.8) is 0 Å². The minimum Gasteiger partial charge on any atom is -0.357 e.